The second-order valence-electron chi connectivity index (χ2n) is 5.67. The summed E-state index contributed by atoms with van der Waals surface area (Å²) in [6.07, 6.45) is 0.527. The van der Waals surface area contributed by atoms with Crippen molar-refractivity contribution in [1.29, 1.82) is 0 Å². The van der Waals surface area contributed by atoms with Crippen LogP contribution in [0.3, 0.4) is 0 Å². The van der Waals surface area contributed by atoms with Gasteiger partial charge in [-0.1, -0.05) is 35.9 Å². The van der Waals surface area contributed by atoms with Crippen molar-refractivity contribution in [1.82, 2.24) is 0 Å². The van der Waals surface area contributed by atoms with Crippen LogP contribution in [0.5, 0.6) is 17.2 Å². The molecule has 7 heteroatoms. The van der Waals surface area contributed by atoms with E-state index in [0.29, 0.717) is 34.2 Å². The molecule has 0 heterocycles. The molecule has 0 aliphatic heterocycles. The lowest BCUT2D eigenvalue weighted by Crippen LogP contribution is -2.14. The van der Waals surface area contributed by atoms with Crippen LogP contribution in [-0.2, 0) is 0 Å². The first-order valence-corrected chi connectivity index (χ1v) is 8.30. The Bertz CT molecular complexity index is 1050. The summed E-state index contributed by atoms with van der Waals surface area (Å²) in [6.45, 7) is 0. The van der Waals surface area contributed by atoms with Gasteiger partial charge in [0.05, 0.1) is 36.1 Å². The molecule has 0 aliphatic rings. The van der Waals surface area contributed by atoms with Gasteiger partial charge in [0, 0.05) is 6.07 Å². The minimum absolute atomic E-state index is 0.0372. The Kier molecular flexibility index (Phi) is 5.19. The molecule has 1 amide bonds. The van der Waals surface area contributed by atoms with Crippen molar-refractivity contribution in [3.05, 3.63) is 58.6 Å². The lowest BCUT2D eigenvalue weighted by atomic mass is 9.99. The van der Waals surface area contributed by atoms with Crippen LogP contribution >= 0.6 is 11.6 Å². The summed E-state index contributed by atoms with van der Waals surface area (Å²) in [7, 11) is 2.91. The molecule has 0 bridgehead atoms. The highest BCUT2D eigenvalue weighted by Gasteiger charge is 2.20. The molecule has 0 saturated heterocycles. The first kappa shape index (κ1) is 18.5. The number of hydrogen-bond acceptors (Lipinski definition) is 5. The predicted molar refractivity (Wildman–Crippen MR) is 104 cm³/mol. The van der Waals surface area contributed by atoms with Crippen molar-refractivity contribution in [2.24, 2.45) is 0 Å². The standard InChI is InChI=1S/C20H16ClNO5/c1-26-17-9-18(27-2)16(8-15(17)21)22-20(25)13-7-11-5-3-4-6-12(11)14(10-23)19(13)24/h3-10,24H,1-2H3,(H,22,25). The van der Waals surface area contributed by atoms with Gasteiger partial charge in [0.25, 0.3) is 5.91 Å². The van der Waals surface area contributed by atoms with Crippen LogP contribution in [0.25, 0.3) is 10.8 Å². The third kappa shape index (κ3) is 3.39. The predicted octanol–water partition coefficient (Wildman–Crippen LogP) is 4.28. The number of amides is 1. The Hall–Kier alpha value is -3.25. The summed E-state index contributed by atoms with van der Waals surface area (Å²) in [5, 5.41) is 14.6. The first-order valence-electron chi connectivity index (χ1n) is 7.93. The maximum Gasteiger partial charge on any atom is 0.259 e. The number of ether oxygens (including phenoxy) is 2. The van der Waals surface area contributed by atoms with E-state index in [4.69, 9.17) is 21.1 Å². The quantitative estimate of drug-likeness (QED) is 0.640. The average Bonchev–Trinajstić information content (AvgIpc) is 2.67. The highest BCUT2D eigenvalue weighted by molar-refractivity contribution is 6.32. The van der Waals surface area contributed by atoms with Crippen LogP contribution < -0.4 is 14.8 Å². The van der Waals surface area contributed by atoms with Gasteiger partial charge in [0.1, 0.15) is 17.2 Å². The fourth-order valence-electron chi connectivity index (χ4n) is 2.80. The Morgan fingerprint density at radius 2 is 1.81 bits per heavy atom. The highest BCUT2D eigenvalue weighted by Crippen LogP contribution is 2.37. The zero-order valence-corrected chi connectivity index (χ0v) is 15.3. The SMILES string of the molecule is COc1cc(OC)c(NC(=O)c2cc3ccccc3c(C=O)c2O)cc1Cl. The van der Waals surface area contributed by atoms with Crippen molar-refractivity contribution in [2.75, 3.05) is 19.5 Å². The third-order valence-electron chi connectivity index (χ3n) is 4.15. The summed E-state index contributed by atoms with van der Waals surface area (Å²) in [4.78, 5) is 24.2. The summed E-state index contributed by atoms with van der Waals surface area (Å²) >= 11 is 6.12. The van der Waals surface area contributed by atoms with E-state index in [1.165, 1.54) is 32.4 Å². The maximum absolute atomic E-state index is 12.8. The van der Waals surface area contributed by atoms with E-state index in [0.717, 1.165) is 0 Å². The number of phenols is 1. The van der Waals surface area contributed by atoms with Crippen molar-refractivity contribution >= 4 is 40.3 Å². The number of anilines is 1. The van der Waals surface area contributed by atoms with Crippen molar-refractivity contribution in [2.45, 2.75) is 0 Å². The minimum Gasteiger partial charge on any atom is -0.506 e. The van der Waals surface area contributed by atoms with Crippen LogP contribution in [0.1, 0.15) is 20.7 Å². The second-order valence-corrected chi connectivity index (χ2v) is 6.07. The van der Waals surface area contributed by atoms with E-state index in [2.05, 4.69) is 5.32 Å². The zero-order chi connectivity index (χ0) is 19.6. The number of hydrogen-bond donors (Lipinski definition) is 2. The van der Waals surface area contributed by atoms with Crippen molar-refractivity contribution in [3.63, 3.8) is 0 Å². The molecule has 0 fully saturated rings. The van der Waals surface area contributed by atoms with E-state index in [-0.39, 0.29) is 21.9 Å². The summed E-state index contributed by atoms with van der Waals surface area (Å²) < 4.78 is 10.4. The number of aromatic hydroxyl groups is 1. The fourth-order valence-corrected chi connectivity index (χ4v) is 3.05. The molecular weight excluding hydrogens is 370 g/mol. The van der Waals surface area contributed by atoms with E-state index in [1.54, 1.807) is 24.3 Å². The number of phenolic OH excluding ortho intramolecular Hbond substituents is 1. The number of halogens is 1. The van der Waals surface area contributed by atoms with Crippen LogP contribution in [-0.4, -0.2) is 31.5 Å². The van der Waals surface area contributed by atoms with Gasteiger partial charge in [0.15, 0.2) is 6.29 Å². The topological polar surface area (TPSA) is 84.9 Å². The van der Waals surface area contributed by atoms with E-state index >= 15 is 0 Å². The normalized spacial score (nSPS) is 10.5. The highest BCUT2D eigenvalue weighted by atomic mass is 35.5. The second kappa shape index (κ2) is 7.55. The van der Waals surface area contributed by atoms with Gasteiger partial charge in [-0.2, -0.15) is 0 Å². The number of nitrogens with one attached hydrogen (secondary N) is 1. The molecule has 0 spiro atoms. The van der Waals surface area contributed by atoms with Crippen molar-refractivity contribution in [3.8, 4) is 17.2 Å². The van der Waals surface area contributed by atoms with Crippen molar-refractivity contribution < 1.29 is 24.2 Å². The molecule has 0 radical (unpaired) electrons. The molecule has 0 aromatic heterocycles. The zero-order valence-electron chi connectivity index (χ0n) is 14.6. The number of aldehydes is 1. The molecule has 6 nitrogen and oxygen atoms in total. The number of carbonyl (C=O) groups is 2. The number of fused-ring (bicyclic) bond motifs is 1. The van der Waals surface area contributed by atoms with Crippen LogP contribution in [0.2, 0.25) is 5.02 Å². The van der Waals surface area contributed by atoms with Crippen LogP contribution in [0.4, 0.5) is 5.69 Å². The molecule has 0 aliphatic carbocycles. The number of methoxy groups -OCH3 is 2. The Morgan fingerprint density at radius 1 is 1.11 bits per heavy atom. The van der Waals surface area contributed by atoms with E-state index in [9.17, 15) is 14.7 Å². The molecule has 27 heavy (non-hydrogen) atoms. The number of carbonyl (C=O) groups excluding carboxylic acids is 2. The Balaban J connectivity index is 2.06. The summed E-state index contributed by atoms with van der Waals surface area (Å²) in [5.41, 5.74) is 0.316. The Morgan fingerprint density at radius 3 is 2.48 bits per heavy atom. The van der Waals surface area contributed by atoms with E-state index < -0.39 is 5.91 Å². The summed E-state index contributed by atoms with van der Waals surface area (Å²) in [5.74, 6) is -0.274. The number of benzene rings is 3. The molecule has 0 atom stereocenters. The van der Waals surface area contributed by atoms with Crippen LogP contribution in [0.15, 0.2) is 42.5 Å². The van der Waals surface area contributed by atoms with Gasteiger partial charge in [0.2, 0.25) is 0 Å². The molecular formula is C20H16ClNO5. The van der Waals surface area contributed by atoms with Gasteiger partial charge in [-0.05, 0) is 22.9 Å². The van der Waals surface area contributed by atoms with Gasteiger partial charge in [-0.3, -0.25) is 9.59 Å². The molecule has 138 valence electrons. The molecule has 2 N–H and O–H groups in total. The monoisotopic (exact) mass is 385 g/mol. The third-order valence-corrected chi connectivity index (χ3v) is 4.44. The molecule has 3 aromatic rings. The Labute approximate surface area is 160 Å². The minimum atomic E-state index is -0.610. The lowest BCUT2D eigenvalue weighted by molar-refractivity contribution is 0.102. The largest absolute Gasteiger partial charge is 0.506 e. The van der Waals surface area contributed by atoms with Gasteiger partial charge < -0.3 is 19.9 Å². The first-order chi connectivity index (χ1) is 13.0. The molecule has 3 aromatic carbocycles. The molecule has 3 rings (SSSR count). The smallest absolute Gasteiger partial charge is 0.259 e. The molecule has 0 unspecified atom stereocenters. The maximum atomic E-state index is 12.8. The number of rotatable bonds is 5. The van der Waals surface area contributed by atoms with Gasteiger partial charge in [-0.15, -0.1) is 0 Å². The molecule has 0 saturated carbocycles. The van der Waals surface area contributed by atoms with Gasteiger partial charge in [-0.25, -0.2) is 0 Å². The fraction of sp³-hybridized carbons (Fsp3) is 0.100. The summed E-state index contributed by atoms with van der Waals surface area (Å²) in [6, 6.07) is 11.5. The van der Waals surface area contributed by atoms with Gasteiger partial charge >= 0.3 is 0 Å². The lowest BCUT2D eigenvalue weighted by Gasteiger charge is -2.14. The van der Waals surface area contributed by atoms with Crippen LogP contribution in [0, 0.1) is 0 Å². The average molecular weight is 386 g/mol. The van der Waals surface area contributed by atoms with E-state index in [1.807, 2.05) is 0 Å².